The van der Waals surface area contributed by atoms with Gasteiger partial charge in [-0.25, -0.2) is 4.79 Å². The molecule has 1 atom stereocenters. The maximum Gasteiger partial charge on any atom is 0.315 e. The summed E-state index contributed by atoms with van der Waals surface area (Å²) in [6.07, 6.45) is 3.08. The maximum atomic E-state index is 12.1. The molecule has 1 rings (SSSR count). The molecule has 1 heterocycles. The molecule has 2 amide bonds. The lowest BCUT2D eigenvalue weighted by Gasteiger charge is -2.21. The molecule has 0 aliphatic carbocycles. The second-order valence-corrected chi connectivity index (χ2v) is 7.86. The second kappa shape index (κ2) is 10.7. The Morgan fingerprint density at radius 2 is 2.00 bits per heavy atom. The molecule has 4 nitrogen and oxygen atoms in total. The summed E-state index contributed by atoms with van der Waals surface area (Å²) < 4.78 is 0. The molecule has 0 saturated heterocycles. The molecule has 1 aromatic heterocycles. The summed E-state index contributed by atoms with van der Waals surface area (Å²) in [5, 5.41) is 8.17. The summed E-state index contributed by atoms with van der Waals surface area (Å²) in [6.45, 7) is 10.6. The van der Waals surface area contributed by atoms with Gasteiger partial charge in [-0.05, 0) is 64.1 Å². The van der Waals surface area contributed by atoms with E-state index in [2.05, 4.69) is 61.7 Å². The lowest BCUT2D eigenvalue weighted by atomic mass is 10.0. The van der Waals surface area contributed by atoms with Crippen molar-refractivity contribution in [2.24, 2.45) is 5.92 Å². The molecule has 0 aromatic carbocycles. The summed E-state index contributed by atoms with van der Waals surface area (Å²) >= 11 is 1.70. The monoisotopic (exact) mass is 339 g/mol. The van der Waals surface area contributed by atoms with Crippen molar-refractivity contribution in [1.29, 1.82) is 0 Å². The third kappa shape index (κ3) is 8.37. The molecule has 0 aliphatic rings. The van der Waals surface area contributed by atoms with Gasteiger partial charge >= 0.3 is 6.03 Å². The van der Waals surface area contributed by atoms with Crippen molar-refractivity contribution in [2.45, 2.75) is 59.0 Å². The first-order valence-electron chi connectivity index (χ1n) is 8.68. The lowest BCUT2D eigenvalue weighted by molar-refractivity contribution is 0.234. The van der Waals surface area contributed by atoms with E-state index < -0.39 is 0 Å². The molecule has 0 saturated carbocycles. The first-order valence-corrected chi connectivity index (χ1v) is 9.56. The molecule has 0 spiro atoms. The molecule has 23 heavy (non-hydrogen) atoms. The fourth-order valence-corrected chi connectivity index (χ4v) is 3.15. The molecule has 1 aromatic rings. The first kappa shape index (κ1) is 20.0. The average molecular weight is 340 g/mol. The van der Waals surface area contributed by atoms with Crippen molar-refractivity contribution in [3.63, 3.8) is 0 Å². The van der Waals surface area contributed by atoms with Crippen molar-refractivity contribution in [3.05, 3.63) is 22.4 Å². The second-order valence-electron chi connectivity index (χ2n) is 6.88. The Bertz CT molecular complexity index is 431. The molecule has 1 unspecified atom stereocenters. The predicted octanol–water partition coefficient (Wildman–Crippen LogP) is 4.25. The Morgan fingerprint density at radius 3 is 2.57 bits per heavy atom. The minimum absolute atomic E-state index is 0.0544. The number of hydrogen-bond donors (Lipinski definition) is 2. The number of amides is 2. The minimum Gasteiger partial charge on any atom is -0.338 e. The predicted molar refractivity (Wildman–Crippen MR) is 100 cm³/mol. The highest BCUT2D eigenvalue weighted by Gasteiger charge is 2.16. The van der Waals surface area contributed by atoms with Gasteiger partial charge in [-0.3, -0.25) is 0 Å². The van der Waals surface area contributed by atoms with Gasteiger partial charge in [0.1, 0.15) is 0 Å². The molecule has 132 valence electrons. The van der Waals surface area contributed by atoms with Crippen LogP contribution in [0.3, 0.4) is 0 Å². The Kier molecular flexibility index (Phi) is 9.26. The first-order chi connectivity index (χ1) is 10.9. The molecule has 0 fully saturated rings. The van der Waals surface area contributed by atoms with Crippen LogP contribution in [0.4, 0.5) is 4.79 Å². The van der Waals surface area contributed by atoms with E-state index in [1.165, 1.54) is 4.88 Å². The average Bonchev–Trinajstić information content (AvgIpc) is 2.99. The van der Waals surface area contributed by atoms with E-state index >= 15 is 0 Å². The number of nitrogens with zero attached hydrogens (tertiary/aromatic N) is 1. The maximum absolute atomic E-state index is 12.1. The Labute approximate surface area is 145 Å². The van der Waals surface area contributed by atoms with Gasteiger partial charge < -0.3 is 15.5 Å². The van der Waals surface area contributed by atoms with E-state index in [9.17, 15) is 4.79 Å². The van der Waals surface area contributed by atoms with E-state index in [1.54, 1.807) is 11.3 Å². The summed E-state index contributed by atoms with van der Waals surface area (Å²) in [6, 6.07) is 4.77. The summed E-state index contributed by atoms with van der Waals surface area (Å²) in [4.78, 5) is 15.7. The largest absolute Gasteiger partial charge is 0.338 e. The quantitative estimate of drug-likeness (QED) is 0.626. The lowest BCUT2D eigenvalue weighted by Crippen LogP contribution is -2.38. The van der Waals surface area contributed by atoms with Crippen molar-refractivity contribution >= 4 is 17.4 Å². The highest BCUT2D eigenvalue weighted by Crippen LogP contribution is 2.25. The minimum atomic E-state index is -0.0544. The summed E-state index contributed by atoms with van der Waals surface area (Å²) in [5.41, 5.74) is 0. The van der Waals surface area contributed by atoms with Crippen molar-refractivity contribution in [1.82, 2.24) is 15.5 Å². The molecule has 0 aliphatic heterocycles. The number of rotatable bonds is 10. The number of carbonyl (C=O) groups excluding carboxylic acids is 1. The zero-order valence-electron chi connectivity index (χ0n) is 15.3. The van der Waals surface area contributed by atoms with E-state index in [0.717, 1.165) is 32.4 Å². The Hall–Kier alpha value is -1.07. The van der Waals surface area contributed by atoms with Crippen LogP contribution in [-0.2, 0) is 0 Å². The van der Waals surface area contributed by atoms with Crippen LogP contribution < -0.4 is 10.6 Å². The van der Waals surface area contributed by atoms with Crippen LogP contribution in [0.15, 0.2) is 17.5 Å². The van der Waals surface area contributed by atoms with Gasteiger partial charge in [0, 0.05) is 17.5 Å². The molecular weight excluding hydrogens is 306 g/mol. The fraction of sp³-hybridized carbons (Fsp3) is 0.722. The van der Waals surface area contributed by atoms with E-state index in [1.807, 2.05) is 6.07 Å². The van der Waals surface area contributed by atoms with Crippen molar-refractivity contribution < 1.29 is 4.79 Å². The van der Waals surface area contributed by atoms with Crippen molar-refractivity contribution in [3.8, 4) is 0 Å². The fourth-order valence-electron chi connectivity index (χ4n) is 2.36. The normalized spacial score (nSPS) is 12.9. The van der Waals surface area contributed by atoms with Gasteiger partial charge in [-0.1, -0.05) is 19.9 Å². The molecule has 2 N–H and O–H groups in total. The summed E-state index contributed by atoms with van der Waals surface area (Å²) in [7, 11) is 2.14. The van der Waals surface area contributed by atoms with Gasteiger partial charge in [0.05, 0.1) is 6.04 Å². The number of unbranched alkanes of at least 4 members (excludes halogenated alkanes) is 1. The molecule has 0 bridgehead atoms. The van der Waals surface area contributed by atoms with Gasteiger partial charge in [0.15, 0.2) is 0 Å². The van der Waals surface area contributed by atoms with Crippen LogP contribution in [0.25, 0.3) is 0 Å². The smallest absolute Gasteiger partial charge is 0.315 e. The number of urea groups is 1. The van der Waals surface area contributed by atoms with Crippen LogP contribution in [0.2, 0.25) is 0 Å². The SMILES string of the molecule is CC(C)CC(NC(=O)NCCCCN(C)C(C)C)c1cccs1. The highest BCUT2D eigenvalue weighted by atomic mass is 32.1. The third-order valence-corrected chi connectivity index (χ3v) is 4.99. The highest BCUT2D eigenvalue weighted by molar-refractivity contribution is 7.10. The van der Waals surface area contributed by atoms with E-state index in [4.69, 9.17) is 0 Å². The Morgan fingerprint density at radius 1 is 1.26 bits per heavy atom. The number of hydrogen-bond acceptors (Lipinski definition) is 3. The van der Waals surface area contributed by atoms with Crippen LogP contribution in [0, 0.1) is 5.92 Å². The molecule has 5 heteroatoms. The van der Waals surface area contributed by atoms with Crippen LogP contribution in [0.5, 0.6) is 0 Å². The van der Waals surface area contributed by atoms with Gasteiger partial charge in [0.25, 0.3) is 0 Å². The zero-order valence-corrected chi connectivity index (χ0v) is 16.1. The van der Waals surface area contributed by atoms with E-state index in [0.29, 0.717) is 12.0 Å². The van der Waals surface area contributed by atoms with Gasteiger partial charge in [-0.2, -0.15) is 0 Å². The standard InChI is InChI=1S/C18H33N3OS/c1-14(2)13-16(17-9-8-12-23-17)20-18(22)19-10-6-7-11-21(5)15(3)4/h8-9,12,14-16H,6-7,10-11,13H2,1-5H3,(H2,19,20,22). The van der Waals surface area contributed by atoms with Crippen LogP contribution >= 0.6 is 11.3 Å². The third-order valence-electron chi connectivity index (χ3n) is 4.00. The van der Waals surface area contributed by atoms with E-state index in [-0.39, 0.29) is 12.1 Å². The van der Waals surface area contributed by atoms with Crippen molar-refractivity contribution in [2.75, 3.05) is 20.1 Å². The zero-order chi connectivity index (χ0) is 17.2. The van der Waals surface area contributed by atoms with Crippen LogP contribution in [0.1, 0.15) is 57.9 Å². The molecule has 0 radical (unpaired) electrons. The molecular formula is C18H33N3OS. The Balaban J connectivity index is 2.28. The van der Waals surface area contributed by atoms with Crippen LogP contribution in [-0.4, -0.2) is 37.1 Å². The topological polar surface area (TPSA) is 44.4 Å². The summed E-state index contributed by atoms with van der Waals surface area (Å²) in [5.74, 6) is 0.550. The number of thiophene rings is 1. The number of carbonyl (C=O) groups is 1. The van der Waals surface area contributed by atoms with Gasteiger partial charge in [-0.15, -0.1) is 11.3 Å². The van der Waals surface area contributed by atoms with Gasteiger partial charge in [0.2, 0.25) is 0 Å². The number of nitrogens with one attached hydrogen (secondary N) is 2.